The van der Waals surface area contributed by atoms with Crippen LogP contribution in [0.1, 0.15) is 12.5 Å². The van der Waals surface area contributed by atoms with Crippen molar-refractivity contribution in [1.82, 2.24) is 10.7 Å². The molecule has 3 N–H and O–H groups in total. The number of thiocarbonyl (C=S) groups is 1. The van der Waals surface area contributed by atoms with E-state index in [0.29, 0.717) is 16.6 Å². The second-order valence-corrected chi connectivity index (χ2v) is 6.15. The monoisotopic (exact) mass is 381 g/mol. The Hall–Kier alpha value is -2.23. The third kappa shape index (κ3) is 6.95. The lowest BCUT2D eigenvalue weighted by Crippen LogP contribution is -3.14. The zero-order chi connectivity index (χ0) is 18.8. The van der Waals surface area contributed by atoms with Gasteiger partial charge in [-0.15, -0.1) is 0 Å². The molecule has 1 heterocycles. The number of nitrogens with one attached hydrogen (secondary N) is 3. The zero-order valence-corrected chi connectivity index (χ0v) is 15.9. The van der Waals surface area contributed by atoms with Crippen LogP contribution in [-0.2, 0) is 9.53 Å². The fraction of sp³-hybridized carbons (Fsp3) is 0.471. The molecule has 142 valence electrons. The Kier molecular flexibility index (Phi) is 8.26. The highest BCUT2D eigenvalue weighted by molar-refractivity contribution is 7.80. The average Bonchev–Trinajstić information content (AvgIpc) is 2.63. The van der Waals surface area contributed by atoms with E-state index in [1.54, 1.807) is 24.4 Å². The third-order valence-corrected chi connectivity index (χ3v) is 4.02. The number of ether oxygens (including phenoxy) is 3. The van der Waals surface area contributed by atoms with Gasteiger partial charge in [-0.25, -0.2) is 0 Å². The summed E-state index contributed by atoms with van der Waals surface area (Å²) in [7, 11) is 1.51. The Morgan fingerprint density at radius 3 is 2.85 bits per heavy atom. The molecular formula is C17H25N4O4S+. The van der Waals surface area contributed by atoms with Gasteiger partial charge in [-0.05, 0) is 36.0 Å². The number of benzene rings is 1. The predicted molar refractivity (Wildman–Crippen MR) is 102 cm³/mol. The lowest BCUT2D eigenvalue weighted by molar-refractivity contribution is -0.906. The normalized spacial score (nSPS) is 14.8. The van der Waals surface area contributed by atoms with Crippen molar-refractivity contribution in [3.05, 3.63) is 23.8 Å². The first-order valence-electron chi connectivity index (χ1n) is 8.43. The predicted octanol–water partition coefficient (Wildman–Crippen LogP) is -0.666. The molecule has 1 aliphatic rings. The molecule has 1 aromatic rings. The van der Waals surface area contributed by atoms with Crippen LogP contribution in [0.3, 0.4) is 0 Å². The van der Waals surface area contributed by atoms with E-state index in [0.717, 1.165) is 45.0 Å². The van der Waals surface area contributed by atoms with Crippen molar-refractivity contribution >= 4 is 29.5 Å². The van der Waals surface area contributed by atoms with Crippen LogP contribution >= 0.6 is 12.2 Å². The van der Waals surface area contributed by atoms with Crippen LogP contribution in [-0.4, -0.2) is 63.8 Å². The topological polar surface area (TPSA) is 85.6 Å². The molecule has 1 fully saturated rings. The van der Waals surface area contributed by atoms with Crippen molar-refractivity contribution in [2.45, 2.75) is 6.92 Å². The molecule has 1 aromatic carbocycles. The number of hydrogen-bond acceptors (Lipinski definition) is 6. The summed E-state index contributed by atoms with van der Waals surface area (Å²) < 4.78 is 15.6. The number of hydrazone groups is 1. The van der Waals surface area contributed by atoms with Crippen LogP contribution in [0.15, 0.2) is 23.3 Å². The molecule has 1 saturated heterocycles. The third-order valence-electron chi connectivity index (χ3n) is 3.79. The fourth-order valence-corrected chi connectivity index (χ4v) is 2.63. The second-order valence-electron chi connectivity index (χ2n) is 5.74. The SMILES string of the molecule is COc1cc(/C=N\NC(=S)NCC[NH+]2CCOCC2)ccc1OC(C)=O. The number of nitrogens with zero attached hydrogens (tertiary/aromatic N) is 1. The van der Waals surface area contributed by atoms with Crippen molar-refractivity contribution in [3.63, 3.8) is 0 Å². The van der Waals surface area contributed by atoms with Crippen LogP contribution in [0.5, 0.6) is 11.5 Å². The van der Waals surface area contributed by atoms with Gasteiger partial charge in [0.2, 0.25) is 0 Å². The van der Waals surface area contributed by atoms with E-state index >= 15 is 0 Å². The molecule has 0 saturated carbocycles. The lowest BCUT2D eigenvalue weighted by atomic mass is 10.2. The first-order chi connectivity index (χ1) is 12.6. The highest BCUT2D eigenvalue weighted by Gasteiger charge is 2.12. The maximum absolute atomic E-state index is 11.1. The number of esters is 1. The molecule has 8 nitrogen and oxygen atoms in total. The van der Waals surface area contributed by atoms with E-state index in [4.69, 9.17) is 26.4 Å². The molecule has 1 aliphatic heterocycles. The molecule has 0 bridgehead atoms. The standard InChI is InChI=1S/C17H24N4O4S/c1-13(22)25-15-4-3-14(11-16(15)23-2)12-19-20-17(26)18-5-6-21-7-9-24-10-8-21/h3-4,11-12H,5-10H2,1-2H3,(H2,18,20,26)/p+1/b19-12-. The maximum atomic E-state index is 11.1. The van der Waals surface area contributed by atoms with Crippen LogP contribution in [0, 0.1) is 0 Å². The summed E-state index contributed by atoms with van der Waals surface area (Å²) in [5.41, 5.74) is 3.57. The number of rotatable bonds is 7. The summed E-state index contributed by atoms with van der Waals surface area (Å²) in [5.74, 6) is 0.424. The summed E-state index contributed by atoms with van der Waals surface area (Å²) in [5, 5.41) is 7.71. The van der Waals surface area contributed by atoms with Crippen LogP contribution in [0.25, 0.3) is 0 Å². The fourth-order valence-electron chi connectivity index (χ4n) is 2.47. The summed E-state index contributed by atoms with van der Waals surface area (Å²) in [6, 6.07) is 5.15. The highest BCUT2D eigenvalue weighted by atomic mass is 32.1. The van der Waals surface area contributed by atoms with E-state index in [1.807, 2.05) is 0 Å². The number of morpholine rings is 1. The Morgan fingerprint density at radius 1 is 1.38 bits per heavy atom. The molecule has 9 heteroatoms. The number of carbonyl (C=O) groups excluding carboxylic acids is 1. The minimum absolute atomic E-state index is 0.368. The van der Waals surface area contributed by atoms with Crippen molar-refractivity contribution in [2.24, 2.45) is 5.10 Å². The maximum Gasteiger partial charge on any atom is 0.308 e. The Balaban J connectivity index is 1.76. The average molecular weight is 381 g/mol. The summed E-state index contributed by atoms with van der Waals surface area (Å²) >= 11 is 5.20. The molecule has 26 heavy (non-hydrogen) atoms. The second kappa shape index (κ2) is 10.7. The van der Waals surface area contributed by atoms with Gasteiger partial charge in [0.25, 0.3) is 0 Å². The highest BCUT2D eigenvalue weighted by Crippen LogP contribution is 2.27. The first-order valence-corrected chi connectivity index (χ1v) is 8.84. The van der Waals surface area contributed by atoms with Crippen molar-refractivity contribution < 1.29 is 23.9 Å². The summed E-state index contributed by atoms with van der Waals surface area (Å²) in [6.07, 6.45) is 1.61. The van der Waals surface area contributed by atoms with Gasteiger partial charge in [0, 0.05) is 6.92 Å². The van der Waals surface area contributed by atoms with Crippen molar-refractivity contribution in [3.8, 4) is 11.5 Å². The number of carbonyl (C=O) groups is 1. The van der Waals surface area contributed by atoms with Crippen molar-refractivity contribution in [2.75, 3.05) is 46.5 Å². The van der Waals surface area contributed by atoms with Gasteiger partial charge in [-0.1, -0.05) is 0 Å². The van der Waals surface area contributed by atoms with Crippen LogP contribution in [0.2, 0.25) is 0 Å². The molecule has 0 spiro atoms. The van der Waals surface area contributed by atoms with Gasteiger partial charge >= 0.3 is 5.97 Å². The van der Waals surface area contributed by atoms with E-state index < -0.39 is 5.97 Å². The van der Waals surface area contributed by atoms with Gasteiger partial charge < -0.3 is 24.4 Å². The van der Waals surface area contributed by atoms with Gasteiger partial charge in [0.1, 0.15) is 13.1 Å². The minimum Gasteiger partial charge on any atom is -0.493 e. The molecule has 2 rings (SSSR count). The summed E-state index contributed by atoms with van der Waals surface area (Å²) in [6.45, 7) is 6.82. The van der Waals surface area contributed by atoms with E-state index in [1.165, 1.54) is 18.9 Å². The number of hydrogen-bond donors (Lipinski definition) is 3. The molecule has 0 aromatic heterocycles. The van der Waals surface area contributed by atoms with Crippen LogP contribution in [0.4, 0.5) is 0 Å². The quantitative estimate of drug-likeness (QED) is 0.190. The molecule has 0 aliphatic carbocycles. The van der Waals surface area contributed by atoms with Gasteiger partial charge in [-0.3, -0.25) is 10.2 Å². The number of quaternary nitrogens is 1. The van der Waals surface area contributed by atoms with Crippen LogP contribution < -0.4 is 25.1 Å². The minimum atomic E-state index is -0.401. The lowest BCUT2D eigenvalue weighted by Gasteiger charge is -2.23. The van der Waals surface area contributed by atoms with E-state index in [9.17, 15) is 4.79 Å². The zero-order valence-electron chi connectivity index (χ0n) is 15.0. The van der Waals surface area contributed by atoms with Gasteiger partial charge in [0.05, 0.1) is 39.6 Å². The molecule has 0 unspecified atom stereocenters. The molecule has 0 atom stereocenters. The Bertz CT molecular complexity index is 648. The smallest absolute Gasteiger partial charge is 0.308 e. The molecular weight excluding hydrogens is 356 g/mol. The molecule has 0 radical (unpaired) electrons. The van der Waals surface area contributed by atoms with Crippen molar-refractivity contribution in [1.29, 1.82) is 0 Å². The Morgan fingerprint density at radius 2 is 2.15 bits per heavy atom. The Labute approximate surface area is 158 Å². The largest absolute Gasteiger partial charge is 0.493 e. The first kappa shape index (κ1) is 20.1. The number of methoxy groups -OCH3 is 1. The van der Waals surface area contributed by atoms with E-state index in [2.05, 4.69) is 15.8 Å². The van der Waals surface area contributed by atoms with Gasteiger partial charge in [0.15, 0.2) is 16.6 Å². The van der Waals surface area contributed by atoms with Gasteiger partial charge in [-0.2, -0.15) is 5.10 Å². The summed E-state index contributed by atoms with van der Waals surface area (Å²) in [4.78, 5) is 12.6. The molecule has 0 amide bonds. The van der Waals surface area contributed by atoms with E-state index in [-0.39, 0.29) is 0 Å².